The van der Waals surface area contributed by atoms with Gasteiger partial charge in [-0.15, -0.1) is 11.3 Å². The lowest BCUT2D eigenvalue weighted by atomic mass is 10.3. The van der Waals surface area contributed by atoms with Crippen molar-refractivity contribution in [1.29, 1.82) is 0 Å². The van der Waals surface area contributed by atoms with Gasteiger partial charge in [-0.05, 0) is 69.0 Å². The first-order chi connectivity index (χ1) is 11.4. The van der Waals surface area contributed by atoms with Crippen LogP contribution in [0, 0.1) is 0 Å². The zero-order chi connectivity index (χ0) is 17.3. The second kappa shape index (κ2) is 7.27. The maximum atomic E-state index is 12.7. The molecular weight excluding hydrogens is 478 g/mol. The highest BCUT2D eigenvalue weighted by molar-refractivity contribution is 9.13. The zero-order valence-electron chi connectivity index (χ0n) is 12.6. The van der Waals surface area contributed by atoms with Crippen LogP contribution in [-0.4, -0.2) is 19.6 Å². The Labute approximate surface area is 161 Å². The number of hydrogen-bond donors (Lipinski definition) is 1. The molecule has 0 aliphatic heterocycles. The van der Waals surface area contributed by atoms with E-state index in [1.807, 2.05) is 0 Å². The number of thiophene rings is 1. The van der Waals surface area contributed by atoms with Crippen molar-refractivity contribution in [2.45, 2.75) is 35.8 Å². The summed E-state index contributed by atoms with van der Waals surface area (Å²) in [5.41, 5.74) is 0.486. The van der Waals surface area contributed by atoms with Crippen LogP contribution in [0.3, 0.4) is 0 Å². The zero-order valence-corrected chi connectivity index (χ0v) is 17.4. The minimum atomic E-state index is -3.33. The van der Waals surface area contributed by atoms with Crippen LogP contribution >= 0.6 is 43.2 Å². The molecule has 24 heavy (non-hydrogen) atoms. The first kappa shape index (κ1) is 18.1. The highest BCUT2D eigenvalue weighted by Crippen LogP contribution is 2.33. The molecule has 1 aromatic carbocycles. The third-order valence-corrected chi connectivity index (χ3v) is 9.55. The fourth-order valence-corrected chi connectivity index (χ4v) is 6.62. The van der Waals surface area contributed by atoms with Gasteiger partial charge >= 0.3 is 0 Å². The van der Waals surface area contributed by atoms with Gasteiger partial charge < -0.3 is 5.32 Å². The van der Waals surface area contributed by atoms with Crippen LogP contribution in [0.2, 0.25) is 0 Å². The van der Waals surface area contributed by atoms with E-state index in [1.54, 1.807) is 30.3 Å². The number of carbonyl (C=O) groups is 1. The second-order valence-corrected chi connectivity index (χ2v) is 11.1. The van der Waals surface area contributed by atoms with Gasteiger partial charge in [0.2, 0.25) is 0 Å². The monoisotopic (exact) mass is 491 g/mol. The standard InChI is InChI=1S/C16H15Br2NO3S2/c17-13-9-14(23-15(13)18)16(20)19-10-4-3-7-12(8-10)24(21,22)11-5-1-2-6-11/h3-4,7-9,11H,1-2,5-6H2,(H,19,20). The Balaban J connectivity index is 1.81. The maximum absolute atomic E-state index is 12.7. The highest BCUT2D eigenvalue weighted by Gasteiger charge is 2.30. The Morgan fingerprint density at radius 1 is 1.17 bits per heavy atom. The molecule has 0 radical (unpaired) electrons. The van der Waals surface area contributed by atoms with Crippen molar-refractivity contribution < 1.29 is 13.2 Å². The topological polar surface area (TPSA) is 63.2 Å². The summed E-state index contributed by atoms with van der Waals surface area (Å²) in [4.78, 5) is 13.1. The predicted molar refractivity (Wildman–Crippen MR) is 104 cm³/mol. The first-order valence-electron chi connectivity index (χ1n) is 7.48. The molecule has 0 saturated heterocycles. The van der Waals surface area contributed by atoms with Crippen LogP contribution in [0.1, 0.15) is 35.4 Å². The van der Waals surface area contributed by atoms with E-state index in [0.29, 0.717) is 10.6 Å². The number of anilines is 1. The van der Waals surface area contributed by atoms with Crippen molar-refractivity contribution >= 4 is 64.6 Å². The number of halogens is 2. The molecule has 1 saturated carbocycles. The SMILES string of the molecule is O=C(Nc1cccc(S(=O)(=O)C2CCCC2)c1)c1cc(Br)c(Br)s1. The average molecular weight is 493 g/mol. The Kier molecular flexibility index (Phi) is 5.48. The van der Waals surface area contributed by atoms with E-state index in [9.17, 15) is 13.2 Å². The fraction of sp³-hybridized carbons (Fsp3) is 0.312. The van der Waals surface area contributed by atoms with Gasteiger partial charge in [0, 0.05) is 10.2 Å². The molecule has 4 nitrogen and oxygen atoms in total. The molecule has 1 aliphatic rings. The van der Waals surface area contributed by atoms with E-state index >= 15 is 0 Å². The van der Waals surface area contributed by atoms with Crippen molar-refractivity contribution in [1.82, 2.24) is 0 Å². The Morgan fingerprint density at radius 3 is 2.50 bits per heavy atom. The lowest BCUT2D eigenvalue weighted by Crippen LogP contribution is -2.18. The number of rotatable bonds is 4. The summed E-state index contributed by atoms with van der Waals surface area (Å²) in [7, 11) is -3.33. The molecule has 1 N–H and O–H groups in total. The van der Waals surface area contributed by atoms with Crippen molar-refractivity contribution in [2.75, 3.05) is 5.32 Å². The van der Waals surface area contributed by atoms with Gasteiger partial charge in [0.05, 0.1) is 18.8 Å². The van der Waals surface area contributed by atoms with Gasteiger partial charge in [0.1, 0.15) is 0 Å². The molecule has 1 heterocycles. The highest BCUT2D eigenvalue weighted by atomic mass is 79.9. The van der Waals surface area contributed by atoms with Crippen LogP contribution in [0.25, 0.3) is 0 Å². The predicted octanol–water partition coefficient (Wildman–Crippen LogP) is 5.24. The molecule has 3 rings (SSSR count). The van der Waals surface area contributed by atoms with Gasteiger partial charge in [-0.2, -0.15) is 0 Å². The summed E-state index contributed by atoms with van der Waals surface area (Å²) in [6.45, 7) is 0. The van der Waals surface area contributed by atoms with E-state index < -0.39 is 9.84 Å². The van der Waals surface area contributed by atoms with Crippen LogP contribution in [0.5, 0.6) is 0 Å². The lowest BCUT2D eigenvalue weighted by Gasteiger charge is -2.12. The molecule has 8 heteroatoms. The summed E-state index contributed by atoms with van der Waals surface area (Å²) < 4.78 is 27.0. The summed E-state index contributed by atoms with van der Waals surface area (Å²) in [6, 6.07) is 8.23. The van der Waals surface area contributed by atoms with Crippen molar-refractivity contribution in [3.63, 3.8) is 0 Å². The number of benzene rings is 1. The van der Waals surface area contributed by atoms with Crippen LogP contribution in [-0.2, 0) is 9.84 Å². The average Bonchev–Trinajstić information content (AvgIpc) is 3.19. The van der Waals surface area contributed by atoms with Crippen molar-refractivity contribution in [2.24, 2.45) is 0 Å². The molecular formula is C16H15Br2NO3S2. The second-order valence-electron chi connectivity index (χ2n) is 5.67. The van der Waals surface area contributed by atoms with Crippen LogP contribution < -0.4 is 5.32 Å². The lowest BCUT2D eigenvalue weighted by molar-refractivity contribution is 0.103. The van der Waals surface area contributed by atoms with Crippen LogP contribution in [0.15, 0.2) is 43.5 Å². The normalized spacial score (nSPS) is 15.6. The number of sulfone groups is 1. The minimum Gasteiger partial charge on any atom is -0.321 e. The van der Waals surface area contributed by atoms with E-state index in [-0.39, 0.29) is 16.1 Å². The van der Waals surface area contributed by atoms with Gasteiger partial charge in [-0.1, -0.05) is 18.9 Å². The third kappa shape index (κ3) is 3.76. The first-order valence-corrected chi connectivity index (χ1v) is 11.4. The van der Waals surface area contributed by atoms with Gasteiger partial charge in [0.15, 0.2) is 9.84 Å². The summed E-state index contributed by atoms with van der Waals surface area (Å²) in [5, 5.41) is 2.47. The van der Waals surface area contributed by atoms with Gasteiger partial charge in [0.25, 0.3) is 5.91 Å². The van der Waals surface area contributed by atoms with Gasteiger partial charge in [-0.3, -0.25) is 4.79 Å². The number of hydrogen-bond acceptors (Lipinski definition) is 4. The number of carbonyl (C=O) groups excluding carboxylic acids is 1. The molecule has 1 aliphatic carbocycles. The summed E-state index contributed by atoms with van der Waals surface area (Å²) in [6.07, 6.45) is 3.36. The molecule has 0 bridgehead atoms. The molecule has 1 amide bonds. The minimum absolute atomic E-state index is 0.262. The fourth-order valence-electron chi connectivity index (χ4n) is 2.79. The Morgan fingerprint density at radius 2 is 1.88 bits per heavy atom. The molecule has 1 aromatic heterocycles. The number of amides is 1. The van der Waals surface area contributed by atoms with E-state index in [4.69, 9.17) is 0 Å². The molecule has 0 unspecified atom stereocenters. The van der Waals surface area contributed by atoms with E-state index in [0.717, 1.165) is 33.9 Å². The Hall–Kier alpha value is -0.700. The quantitative estimate of drug-likeness (QED) is 0.634. The number of nitrogens with one attached hydrogen (secondary N) is 1. The largest absolute Gasteiger partial charge is 0.321 e. The maximum Gasteiger partial charge on any atom is 0.265 e. The van der Waals surface area contributed by atoms with E-state index in [2.05, 4.69) is 37.2 Å². The molecule has 128 valence electrons. The third-order valence-electron chi connectivity index (χ3n) is 4.03. The van der Waals surface area contributed by atoms with Gasteiger partial charge in [-0.25, -0.2) is 8.42 Å². The summed E-state index contributed by atoms with van der Waals surface area (Å²) in [5.74, 6) is -0.262. The Bertz CT molecular complexity index is 852. The van der Waals surface area contributed by atoms with Crippen molar-refractivity contribution in [3.8, 4) is 0 Å². The molecule has 0 spiro atoms. The van der Waals surface area contributed by atoms with Crippen LogP contribution in [0.4, 0.5) is 5.69 Å². The molecule has 1 fully saturated rings. The van der Waals surface area contributed by atoms with Crippen molar-refractivity contribution in [3.05, 3.63) is 43.5 Å². The molecule has 2 aromatic rings. The summed E-state index contributed by atoms with van der Waals surface area (Å²) >= 11 is 8.02. The van der Waals surface area contributed by atoms with E-state index in [1.165, 1.54) is 11.3 Å². The molecule has 0 atom stereocenters. The smallest absolute Gasteiger partial charge is 0.265 e.